The molecule has 0 aliphatic heterocycles. The molecule has 0 heterocycles. The van der Waals surface area contributed by atoms with Crippen molar-refractivity contribution in [1.82, 2.24) is 5.32 Å². The lowest BCUT2D eigenvalue weighted by Crippen LogP contribution is -2.27. The molecule has 0 aliphatic rings. The highest BCUT2D eigenvalue weighted by molar-refractivity contribution is 5.26. The average Bonchev–Trinajstić information content (AvgIpc) is 2.39. The fourth-order valence-corrected chi connectivity index (χ4v) is 2.18. The molecule has 0 fully saturated rings. The number of aryl methyl sites for hydroxylation is 1. The maximum atomic E-state index is 13.1. The maximum absolute atomic E-state index is 13.1. The lowest BCUT2D eigenvalue weighted by Gasteiger charge is -2.15. The van der Waals surface area contributed by atoms with Crippen LogP contribution in [0.5, 0.6) is 0 Å². The Morgan fingerprint density at radius 2 is 1.89 bits per heavy atom. The predicted octanol–water partition coefficient (Wildman–Crippen LogP) is 3.85. The molecule has 0 aliphatic carbocycles. The van der Waals surface area contributed by atoms with Crippen LogP contribution in [0, 0.1) is 12.7 Å². The summed E-state index contributed by atoms with van der Waals surface area (Å²) in [5.74, 6) is -0.175. The normalized spacial score (nSPS) is 12.4. The highest BCUT2D eigenvalue weighted by atomic mass is 19.1. The Hall–Kier alpha value is -1.67. The monoisotopic (exact) mass is 257 g/mol. The zero-order chi connectivity index (χ0) is 13.7. The van der Waals surface area contributed by atoms with Gasteiger partial charge in [-0.15, -0.1) is 0 Å². The number of benzene rings is 2. The van der Waals surface area contributed by atoms with E-state index in [-0.39, 0.29) is 5.82 Å². The maximum Gasteiger partial charge on any atom is 0.123 e. The SMILES string of the molecule is Cc1ccccc1CC(C)NCc1cccc(F)c1. The van der Waals surface area contributed by atoms with E-state index in [0.717, 1.165) is 12.0 Å². The van der Waals surface area contributed by atoms with Crippen molar-refractivity contribution in [2.45, 2.75) is 32.9 Å². The van der Waals surface area contributed by atoms with Crippen LogP contribution in [0.25, 0.3) is 0 Å². The number of hydrogen-bond donors (Lipinski definition) is 1. The van der Waals surface area contributed by atoms with E-state index in [1.54, 1.807) is 12.1 Å². The standard InChI is InChI=1S/C17H20FN/c1-13-6-3-4-8-16(13)10-14(2)19-12-15-7-5-9-17(18)11-15/h3-9,11,14,19H,10,12H2,1-2H3. The summed E-state index contributed by atoms with van der Waals surface area (Å²) in [7, 11) is 0. The second-order valence-corrected chi connectivity index (χ2v) is 5.04. The first-order chi connectivity index (χ1) is 9.15. The van der Waals surface area contributed by atoms with Gasteiger partial charge in [-0.2, -0.15) is 0 Å². The highest BCUT2D eigenvalue weighted by Crippen LogP contribution is 2.10. The summed E-state index contributed by atoms with van der Waals surface area (Å²) in [6, 6.07) is 15.5. The number of halogens is 1. The van der Waals surface area contributed by atoms with Crippen molar-refractivity contribution in [2.75, 3.05) is 0 Å². The predicted molar refractivity (Wildman–Crippen MR) is 77.6 cm³/mol. The van der Waals surface area contributed by atoms with Gasteiger partial charge in [-0.1, -0.05) is 36.4 Å². The number of rotatable bonds is 5. The lowest BCUT2D eigenvalue weighted by atomic mass is 10.0. The molecule has 100 valence electrons. The van der Waals surface area contributed by atoms with E-state index in [9.17, 15) is 4.39 Å². The molecule has 0 spiro atoms. The lowest BCUT2D eigenvalue weighted by molar-refractivity contribution is 0.541. The summed E-state index contributed by atoms with van der Waals surface area (Å²) >= 11 is 0. The van der Waals surface area contributed by atoms with Crippen LogP contribution >= 0.6 is 0 Å². The Bertz CT molecular complexity index is 536. The van der Waals surface area contributed by atoms with Crippen LogP contribution < -0.4 is 5.32 Å². The van der Waals surface area contributed by atoms with Crippen molar-refractivity contribution in [2.24, 2.45) is 0 Å². The number of nitrogens with one attached hydrogen (secondary N) is 1. The molecular formula is C17H20FN. The Morgan fingerprint density at radius 3 is 2.63 bits per heavy atom. The van der Waals surface area contributed by atoms with Gasteiger partial charge in [-0.25, -0.2) is 4.39 Å². The van der Waals surface area contributed by atoms with Crippen LogP contribution in [0.3, 0.4) is 0 Å². The van der Waals surface area contributed by atoms with Gasteiger partial charge in [0.2, 0.25) is 0 Å². The Morgan fingerprint density at radius 1 is 1.11 bits per heavy atom. The quantitative estimate of drug-likeness (QED) is 0.857. The largest absolute Gasteiger partial charge is 0.310 e. The highest BCUT2D eigenvalue weighted by Gasteiger charge is 2.05. The van der Waals surface area contributed by atoms with Crippen molar-refractivity contribution in [1.29, 1.82) is 0 Å². The van der Waals surface area contributed by atoms with Gasteiger partial charge in [0.05, 0.1) is 0 Å². The fraction of sp³-hybridized carbons (Fsp3) is 0.294. The summed E-state index contributed by atoms with van der Waals surface area (Å²) < 4.78 is 13.1. The van der Waals surface area contributed by atoms with Crippen LogP contribution in [0.15, 0.2) is 48.5 Å². The molecule has 0 amide bonds. The zero-order valence-electron chi connectivity index (χ0n) is 11.5. The van der Waals surface area contributed by atoms with Crippen molar-refractivity contribution < 1.29 is 4.39 Å². The van der Waals surface area contributed by atoms with Gasteiger partial charge in [0.1, 0.15) is 5.82 Å². The van der Waals surface area contributed by atoms with E-state index in [0.29, 0.717) is 12.6 Å². The van der Waals surface area contributed by atoms with Crippen LogP contribution in [0.2, 0.25) is 0 Å². The first kappa shape index (κ1) is 13.8. The van der Waals surface area contributed by atoms with E-state index in [4.69, 9.17) is 0 Å². The van der Waals surface area contributed by atoms with Gasteiger partial charge in [-0.3, -0.25) is 0 Å². The van der Waals surface area contributed by atoms with Crippen molar-refractivity contribution >= 4 is 0 Å². The first-order valence-electron chi connectivity index (χ1n) is 6.67. The fourth-order valence-electron chi connectivity index (χ4n) is 2.18. The smallest absolute Gasteiger partial charge is 0.123 e. The molecule has 1 nitrogen and oxygen atoms in total. The van der Waals surface area contributed by atoms with Gasteiger partial charge in [0.25, 0.3) is 0 Å². The second-order valence-electron chi connectivity index (χ2n) is 5.04. The molecule has 2 heteroatoms. The third kappa shape index (κ3) is 4.18. The van der Waals surface area contributed by atoms with Crippen molar-refractivity contribution in [3.05, 3.63) is 71.0 Å². The molecule has 1 atom stereocenters. The van der Waals surface area contributed by atoms with E-state index in [2.05, 4.69) is 43.4 Å². The summed E-state index contributed by atoms with van der Waals surface area (Å²) in [6.45, 7) is 4.99. The summed E-state index contributed by atoms with van der Waals surface area (Å²) in [6.07, 6.45) is 0.988. The molecule has 1 unspecified atom stereocenters. The molecule has 2 aromatic carbocycles. The van der Waals surface area contributed by atoms with E-state index in [1.165, 1.54) is 17.2 Å². The van der Waals surface area contributed by atoms with E-state index in [1.807, 2.05) is 6.07 Å². The Labute approximate surface area is 114 Å². The number of hydrogen-bond acceptors (Lipinski definition) is 1. The van der Waals surface area contributed by atoms with Gasteiger partial charge in [0, 0.05) is 12.6 Å². The molecule has 0 radical (unpaired) electrons. The molecule has 2 aromatic rings. The van der Waals surface area contributed by atoms with Gasteiger partial charge < -0.3 is 5.32 Å². The third-order valence-electron chi connectivity index (χ3n) is 3.33. The van der Waals surface area contributed by atoms with E-state index < -0.39 is 0 Å². The minimum absolute atomic E-state index is 0.175. The molecule has 19 heavy (non-hydrogen) atoms. The Balaban J connectivity index is 1.88. The first-order valence-corrected chi connectivity index (χ1v) is 6.67. The summed E-state index contributed by atoms with van der Waals surface area (Å²) in [4.78, 5) is 0. The van der Waals surface area contributed by atoms with Crippen LogP contribution in [-0.2, 0) is 13.0 Å². The van der Waals surface area contributed by atoms with Gasteiger partial charge in [-0.05, 0) is 49.1 Å². The Kier molecular flexibility index (Phi) is 4.69. The third-order valence-corrected chi connectivity index (χ3v) is 3.33. The molecule has 0 bridgehead atoms. The van der Waals surface area contributed by atoms with Gasteiger partial charge in [0.15, 0.2) is 0 Å². The summed E-state index contributed by atoms with van der Waals surface area (Å²) in [5.41, 5.74) is 3.67. The molecular weight excluding hydrogens is 237 g/mol. The molecule has 1 N–H and O–H groups in total. The zero-order valence-corrected chi connectivity index (χ0v) is 11.5. The van der Waals surface area contributed by atoms with Gasteiger partial charge >= 0.3 is 0 Å². The average molecular weight is 257 g/mol. The molecule has 0 saturated carbocycles. The van der Waals surface area contributed by atoms with Crippen LogP contribution in [0.1, 0.15) is 23.6 Å². The molecule has 0 saturated heterocycles. The molecule has 0 aromatic heterocycles. The topological polar surface area (TPSA) is 12.0 Å². The minimum atomic E-state index is -0.175. The minimum Gasteiger partial charge on any atom is -0.310 e. The molecule has 2 rings (SSSR count). The van der Waals surface area contributed by atoms with Crippen molar-refractivity contribution in [3.63, 3.8) is 0 Å². The second kappa shape index (κ2) is 6.48. The summed E-state index contributed by atoms with van der Waals surface area (Å²) in [5, 5.41) is 3.44. The van der Waals surface area contributed by atoms with Crippen LogP contribution in [-0.4, -0.2) is 6.04 Å². The van der Waals surface area contributed by atoms with E-state index >= 15 is 0 Å². The van der Waals surface area contributed by atoms with Crippen molar-refractivity contribution in [3.8, 4) is 0 Å². The van der Waals surface area contributed by atoms with Crippen LogP contribution in [0.4, 0.5) is 4.39 Å².